The van der Waals surface area contributed by atoms with Gasteiger partial charge in [-0.3, -0.25) is 4.79 Å². The molecule has 0 radical (unpaired) electrons. The number of anilines is 2. The van der Waals surface area contributed by atoms with Crippen LogP contribution in [0.4, 0.5) is 24.5 Å². The van der Waals surface area contributed by atoms with E-state index >= 15 is 0 Å². The molecule has 0 atom stereocenters. The number of thiophene rings is 1. The van der Waals surface area contributed by atoms with Crippen LogP contribution in [0.3, 0.4) is 0 Å². The first-order valence-corrected chi connectivity index (χ1v) is 10.3. The number of carbonyl (C=O) groups excluding carboxylic acids is 1. The average Bonchev–Trinajstić information content (AvgIpc) is 3.23. The minimum Gasteiger partial charge on any atom is -0.618 e. The average molecular weight is 459 g/mol. The molecule has 0 fully saturated rings. The van der Waals surface area contributed by atoms with Crippen LogP contribution in [0.2, 0.25) is 0 Å². The van der Waals surface area contributed by atoms with Crippen LogP contribution in [-0.4, -0.2) is 12.3 Å². The molecule has 2 aromatic carbocycles. The Kier molecular flexibility index (Phi) is 5.87. The number of alkyl halides is 3. The van der Waals surface area contributed by atoms with Crippen LogP contribution in [0, 0.1) is 5.21 Å². The number of pyridine rings is 1. The van der Waals surface area contributed by atoms with Crippen LogP contribution in [0.25, 0.3) is 10.9 Å². The van der Waals surface area contributed by atoms with Gasteiger partial charge in [-0.05, 0) is 47.3 Å². The lowest BCUT2D eigenvalue weighted by Crippen LogP contribution is -2.26. The van der Waals surface area contributed by atoms with Gasteiger partial charge in [0.1, 0.15) is 10.6 Å². The van der Waals surface area contributed by atoms with Gasteiger partial charge >= 0.3 is 6.36 Å². The number of hydrogen-bond donors (Lipinski definition) is 2. The Morgan fingerprint density at radius 3 is 2.56 bits per heavy atom. The molecule has 2 N–H and O–H groups in total. The van der Waals surface area contributed by atoms with Crippen molar-refractivity contribution in [3.8, 4) is 5.75 Å². The van der Waals surface area contributed by atoms with Gasteiger partial charge in [0.25, 0.3) is 5.91 Å². The van der Waals surface area contributed by atoms with Crippen molar-refractivity contribution in [1.82, 2.24) is 0 Å². The van der Waals surface area contributed by atoms with E-state index in [4.69, 9.17) is 0 Å². The van der Waals surface area contributed by atoms with Crippen LogP contribution in [0.15, 0.2) is 72.2 Å². The summed E-state index contributed by atoms with van der Waals surface area (Å²) in [4.78, 5) is 13.1. The molecule has 164 valence electrons. The molecule has 2 heterocycles. The number of hydrogen-bond acceptors (Lipinski definition) is 5. The third kappa shape index (κ3) is 4.92. The summed E-state index contributed by atoms with van der Waals surface area (Å²) in [6, 6.07) is 15.6. The number of carbonyl (C=O) groups is 1. The molecule has 0 unspecified atom stereocenters. The summed E-state index contributed by atoms with van der Waals surface area (Å²) in [5.74, 6) is -0.772. The van der Waals surface area contributed by atoms with E-state index < -0.39 is 12.3 Å². The zero-order valence-electron chi connectivity index (χ0n) is 16.3. The number of halogens is 3. The predicted octanol–water partition coefficient (Wildman–Crippen LogP) is 5.30. The van der Waals surface area contributed by atoms with Gasteiger partial charge in [0.15, 0.2) is 6.20 Å². The van der Waals surface area contributed by atoms with Gasteiger partial charge < -0.3 is 20.6 Å². The minimum absolute atomic E-state index is 0.331. The quantitative estimate of drug-likeness (QED) is 0.303. The Morgan fingerprint density at radius 2 is 1.81 bits per heavy atom. The molecule has 2 aromatic heterocycles. The van der Waals surface area contributed by atoms with Crippen molar-refractivity contribution < 1.29 is 27.4 Å². The zero-order valence-corrected chi connectivity index (χ0v) is 17.2. The van der Waals surface area contributed by atoms with Crippen molar-refractivity contribution in [2.45, 2.75) is 12.9 Å². The van der Waals surface area contributed by atoms with Gasteiger partial charge in [0, 0.05) is 24.4 Å². The zero-order chi connectivity index (χ0) is 22.7. The van der Waals surface area contributed by atoms with Crippen molar-refractivity contribution >= 4 is 39.5 Å². The summed E-state index contributed by atoms with van der Waals surface area (Å²) >= 11 is 1.23. The number of rotatable bonds is 6. The molecular weight excluding hydrogens is 443 g/mol. The van der Waals surface area contributed by atoms with E-state index in [0.29, 0.717) is 28.3 Å². The molecule has 0 aliphatic carbocycles. The van der Waals surface area contributed by atoms with Crippen molar-refractivity contribution in [2.24, 2.45) is 0 Å². The molecule has 10 heteroatoms. The summed E-state index contributed by atoms with van der Waals surface area (Å²) in [7, 11) is 0. The van der Waals surface area contributed by atoms with E-state index in [0.717, 1.165) is 27.8 Å². The molecule has 0 aliphatic heterocycles. The van der Waals surface area contributed by atoms with Crippen molar-refractivity contribution in [3.05, 3.63) is 87.9 Å². The fourth-order valence-electron chi connectivity index (χ4n) is 3.16. The highest BCUT2D eigenvalue weighted by Crippen LogP contribution is 2.27. The second kappa shape index (κ2) is 8.75. The van der Waals surface area contributed by atoms with Gasteiger partial charge in [-0.15, -0.1) is 24.5 Å². The maximum absolute atomic E-state index is 12.7. The summed E-state index contributed by atoms with van der Waals surface area (Å²) < 4.78 is 41.4. The topological polar surface area (TPSA) is 77.3 Å². The van der Waals surface area contributed by atoms with E-state index in [1.165, 1.54) is 29.7 Å². The highest BCUT2D eigenvalue weighted by Gasteiger charge is 2.31. The Morgan fingerprint density at radius 1 is 1.06 bits per heavy atom. The lowest BCUT2D eigenvalue weighted by Gasteiger charge is -2.11. The SMILES string of the molecule is O=C(Nc1ccc(OC(F)(F)F)cc1)c1sccc1NCc1cc[n+]([O-])c2ccccc12. The second-order valence-electron chi connectivity index (χ2n) is 6.73. The maximum Gasteiger partial charge on any atom is 0.573 e. The van der Waals surface area contributed by atoms with Crippen molar-refractivity contribution in [1.29, 1.82) is 0 Å². The summed E-state index contributed by atoms with van der Waals surface area (Å²) in [6.07, 6.45) is -3.34. The summed E-state index contributed by atoms with van der Waals surface area (Å²) in [5.41, 5.74) is 2.38. The first kappa shape index (κ1) is 21.4. The predicted molar refractivity (Wildman–Crippen MR) is 116 cm³/mol. The molecule has 0 saturated heterocycles. The van der Waals surface area contributed by atoms with Crippen molar-refractivity contribution in [3.63, 3.8) is 0 Å². The smallest absolute Gasteiger partial charge is 0.573 e. The van der Waals surface area contributed by atoms with Gasteiger partial charge in [-0.2, -0.15) is 4.73 Å². The van der Waals surface area contributed by atoms with E-state index in [1.54, 1.807) is 29.6 Å². The van der Waals surface area contributed by atoms with Crippen molar-refractivity contribution in [2.75, 3.05) is 10.6 Å². The molecule has 0 spiro atoms. The van der Waals surface area contributed by atoms with Crippen LogP contribution in [0.5, 0.6) is 5.75 Å². The lowest BCUT2D eigenvalue weighted by atomic mass is 10.1. The normalized spacial score (nSPS) is 11.3. The first-order chi connectivity index (χ1) is 15.3. The fraction of sp³-hybridized carbons (Fsp3) is 0.0909. The van der Waals surface area contributed by atoms with Gasteiger partial charge in [0.2, 0.25) is 5.52 Å². The third-order valence-corrected chi connectivity index (χ3v) is 5.50. The molecule has 4 aromatic rings. The minimum atomic E-state index is -4.78. The number of ether oxygens (including phenoxy) is 1. The third-order valence-electron chi connectivity index (χ3n) is 4.59. The fourth-order valence-corrected chi connectivity index (χ4v) is 3.93. The molecule has 0 saturated carbocycles. The van der Waals surface area contributed by atoms with E-state index in [2.05, 4.69) is 15.4 Å². The summed E-state index contributed by atoms with van der Waals surface area (Å²) in [5, 5.41) is 20.4. The molecule has 0 bridgehead atoms. The molecule has 0 aliphatic rings. The number of benzene rings is 2. The largest absolute Gasteiger partial charge is 0.618 e. The number of nitrogens with one attached hydrogen (secondary N) is 2. The Balaban J connectivity index is 1.45. The van der Waals surface area contributed by atoms with Gasteiger partial charge in [-0.1, -0.05) is 12.1 Å². The number of para-hydroxylation sites is 1. The highest BCUT2D eigenvalue weighted by molar-refractivity contribution is 7.12. The van der Waals surface area contributed by atoms with E-state index in [1.807, 2.05) is 12.1 Å². The monoisotopic (exact) mass is 459 g/mol. The first-order valence-electron chi connectivity index (χ1n) is 9.38. The Labute approximate surface area is 184 Å². The maximum atomic E-state index is 12.7. The Hall–Kier alpha value is -3.79. The molecule has 32 heavy (non-hydrogen) atoms. The second-order valence-corrected chi connectivity index (χ2v) is 7.64. The van der Waals surface area contributed by atoms with Crippen LogP contribution < -0.4 is 20.1 Å². The number of fused-ring (bicyclic) bond motifs is 1. The standard InChI is InChI=1S/C22H16F3N3O3S/c23-22(24,25)31-16-7-5-15(6-8-16)27-21(29)20-18(10-12-32-20)26-13-14-9-11-28(30)19-4-2-1-3-17(14)19/h1-12,26H,13H2,(H,27,29). The van der Waals surface area contributed by atoms with Crippen LogP contribution >= 0.6 is 11.3 Å². The van der Waals surface area contributed by atoms with E-state index in [-0.39, 0.29) is 5.75 Å². The molecule has 6 nitrogen and oxygen atoms in total. The van der Waals surface area contributed by atoms with Gasteiger partial charge in [0.05, 0.1) is 11.1 Å². The highest BCUT2D eigenvalue weighted by atomic mass is 32.1. The lowest BCUT2D eigenvalue weighted by molar-refractivity contribution is -0.577. The molecule has 1 amide bonds. The van der Waals surface area contributed by atoms with E-state index in [9.17, 15) is 23.2 Å². The molecule has 4 rings (SSSR count). The van der Waals surface area contributed by atoms with Crippen LogP contribution in [0.1, 0.15) is 15.2 Å². The number of nitrogens with zero attached hydrogens (tertiary/aromatic N) is 1. The number of amides is 1. The van der Waals surface area contributed by atoms with Crippen LogP contribution in [-0.2, 0) is 6.54 Å². The Bertz CT molecular complexity index is 1260. The summed E-state index contributed by atoms with van der Waals surface area (Å²) in [6.45, 7) is 0.391. The number of aromatic nitrogens is 1. The van der Waals surface area contributed by atoms with Gasteiger partial charge in [-0.25, -0.2) is 0 Å². The molecular formula is C22H16F3N3O3S.